The van der Waals surface area contributed by atoms with Gasteiger partial charge >= 0.3 is 0 Å². The minimum Gasteiger partial charge on any atom is -0.472 e. The number of nitrogens with zero attached hydrogens (tertiary/aromatic N) is 2. The van der Waals surface area contributed by atoms with Crippen LogP contribution < -0.4 is 9.46 Å². The monoisotopic (exact) mass is 697 g/mol. The van der Waals surface area contributed by atoms with Gasteiger partial charge in [0.15, 0.2) is 5.78 Å². The highest BCUT2D eigenvalue weighted by atomic mass is 32.2. The van der Waals surface area contributed by atoms with Gasteiger partial charge in [-0.15, -0.1) is 0 Å². The molecule has 50 heavy (non-hydrogen) atoms. The van der Waals surface area contributed by atoms with Crippen LogP contribution in [-0.2, 0) is 30.8 Å². The van der Waals surface area contributed by atoms with Crippen molar-refractivity contribution in [3.63, 3.8) is 0 Å². The van der Waals surface area contributed by atoms with Crippen molar-refractivity contribution in [3.05, 3.63) is 84.1 Å². The minimum absolute atomic E-state index is 0.0788. The van der Waals surface area contributed by atoms with E-state index in [1.165, 1.54) is 0 Å². The third-order valence-corrected chi connectivity index (χ3v) is 13.6. The molecule has 0 spiro atoms. The van der Waals surface area contributed by atoms with Crippen LogP contribution >= 0.6 is 0 Å². The Morgan fingerprint density at radius 2 is 1.88 bits per heavy atom. The molecule has 2 amide bonds. The fourth-order valence-corrected chi connectivity index (χ4v) is 9.22. The zero-order chi connectivity index (χ0) is 35.1. The second-order valence-corrected chi connectivity index (χ2v) is 17.5. The Morgan fingerprint density at radius 3 is 2.68 bits per heavy atom. The molecule has 0 radical (unpaired) electrons. The molecule has 2 aromatic carbocycles. The lowest BCUT2D eigenvalue weighted by molar-refractivity contribution is -0.142. The summed E-state index contributed by atoms with van der Waals surface area (Å²) in [4.78, 5) is 49.2. The quantitative estimate of drug-likeness (QED) is 0.290. The van der Waals surface area contributed by atoms with E-state index in [2.05, 4.69) is 27.9 Å². The molecule has 10 heteroatoms. The molecule has 2 aliphatic heterocycles. The highest BCUT2D eigenvalue weighted by molar-refractivity contribution is 7.91. The number of aryl methyl sites for hydroxylation is 1. The van der Waals surface area contributed by atoms with Crippen LogP contribution in [0.2, 0.25) is 0 Å². The number of ketones is 1. The highest BCUT2D eigenvalue weighted by Gasteiger charge is 2.62. The minimum atomic E-state index is -3.88. The van der Waals surface area contributed by atoms with Crippen LogP contribution in [0.15, 0.2) is 72.9 Å². The Hall–Kier alpha value is -4.05. The van der Waals surface area contributed by atoms with E-state index in [4.69, 9.17) is 4.74 Å². The maximum atomic E-state index is 14.7. The Labute approximate surface area is 294 Å². The topological polar surface area (TPSA) is 123 Å². The number of amides is 2. The molecule has 2 saturated carbocycles. The number of benzene rings is 2. The van der Waals surface area contributed by atoms with E-state index in [-0.39, 0.29) is 42.9 Å². The molecule has 0 bridgehead atoms. The van der Waals surface area contributed by atoms with Crippen LogP contribution in [0.5, 0.6) is 5.88 Å². The number of hydrogen-bond acceptors (Lipinski definition) is 7. The molecular formula is C40H47N3O6S. The first-order chi connectivity index (χ1) is 24.0. The summed E-state index contributed by atoms with van der Waals surface area (Å²) in [5.41, 5.74) is 1.04. The van der Waals surface area contributed by atoms with Crippen LogP contribution in [-0.4, -0.2) is 59.3 Å². The van der Waals surface area contributed by atoms with Crippen LogP contribution in [0.4, 0.5) is 0 Å². The van der Waals surface area contributed by atoms with Gasteiger partial charge in [-0.25, -0.2) is 13.4 Å². The van der Waals surface area contributed by atoms with Crippen molar-refractivity contribution in [3.8, 4) is 5.88 Å². The van der Waals surface area contributed by atoms with E-state index in [0.29, 0.717) is 38.0 Å². The first kappa shape index (κ1) is 34.4. The van der Waals surface area contributed by atoms with Crippen LogP contribution in [0, 0.1) is 24.2 Å². The number of fused-ring (bicyclic) bond motifs is 3. The second kappa shape index (κ2) is 13.6. The number of nitrogens with one attached hydrogen (secondary N) is 1. The molecule has 5 atom stereocenters. The van der Waals surface area contributed by atoms with Gasteiger partial charge in [0.2, 0.25) is 27.7 Å². The van der Waals surface area contributed by atoms with Gasteiger partial charge in [-0.1, -0.05) is 73.0 Å². The third kappa shape index (κ3) is 6.96. The molecule has 4 aliphatic rings. The zero-order valence-electron chi connectivity index (χ0n) is 29.0. The van der Waals surface area contributed by atoms with Crippen molar-refractivity contribution in [1.29, 1.82) is 0 Å². The molecule has 3 heterocycles. The summed E-state index contributed by atoms with van der Waals surface area (Å²) in [6.45, 7) is 3.91. The van der Waals surface area contributed by atoms with Gasteiger partial charge in [-0.3, -0.25) is 19.1 Å². The largest absolute Gasteiger partial charge is 0.472 e. The number of Topliss-reactive ketones (excluding diaryl/α,β-unsaturated/α-hetero) is 1. The van der Waals surface area contributed by atoms with Gasteiger partial charge in [0.1, 0.15) is 6.10 Å². The summed E-state index contributed by atoms with van der Waals surface area (Å²) in [6, 6.07) is 17.1. The summed E-state index contributed by atoms with van der Waals surface area (Å²) in [5.74, 6) is -1.04. The number of pyridine rings is 1. The number of allylic oxidation sites excluding steroid dienone is 2. The maximum absolute atomic E-state index is 14.7. The molecular weight excluding hydrogens is 651 g/mol. The van der Waals surface area contributed by atoms with Crippen molar-refractivity contribution in [2.45, 2.75) is 101 Å². The zero-order valence-corrected chi connectivity index (χ0v) is 29.8. The number of carbonyl (C=O) groups excluding carboxylic acids is 3. The number of ether oxygens (including phenoxy) is 1. The van der Waals surface area contributed by atoms with E-state index in [1.54, 1.807) is 18.0 Å². The molecule has 3 fully saturated rings. The summed E-state index contributed by atoms with van der Waals surface area (Å²) in [6.07, 6.45) is 11.7. The fourth-order valence-electron chi connectivity index (χ4n) is 7.89. The van der Waals surface area contributed by atoms with Gasteiger partial charge in [0.05, 0.1) is 22.7 Å². The number of aromatic nitrogens is 1. The SMILES string of the molecule is Cc1cccc(C[C@H]2CCCCC/C=C\[C@@H]3C[C@@]3(C(=O)NS(=O)(=O)C3(C)CC3)CC(=O)[C@@H]3C[C@@H](Oc4nccc5ccccc45)CN3C2=O)c1. The van der Waals surface area contributed by atoms with Gasteiger partial charge in [0.25, 0.3) is 0 Å². The molecule has 3 aromatic rings. The normalized spacial score (nSPS) is 28.9. The summed E-state index contributed by atoms with van der Waals surface area (Å²) in [7, 11) is -3.88. The van der Waals surface area contributed by atoms with Crippen LogP contribution in [0.1, 0.15) is 82.3 Å². The lowest BCUT2D eigenvalue weighted by Crippen LogP contribution is -2.47. The predicted molar refractivity (Wildman–Crippen MR) is 192 cm³/mol. The number of hydrogen-bond donors (Lipinski definition) is 1. The van der Waals surface area contributed by atoms with Crippen molar-refractivity contribution in [2.75, 3.05) is 6.54 Å². The van der Waals surface area contributed by atoms with E-state index >= 15 is 0 Å². The standard InChI is InChI=1S/C40H47N3O6S/c1-27-11-10-12-28(21-27)22-30-14-6-4-3-5-7-15-31-24-40(31,38(46)42-50(47,48)39(2)18-19-39)25-35(44)34-23-32(26-43(34)37(30)45)49-36-33-16-9-8-13-29(33)17-20-41-36/h7-13,15-17,20-21,30-32,34H,3-6,14,18-19,22-26H2,1-2H3,(H,42,46)/b15-7-/t30-,31-,32-,34+,40-/m1/s1. The molecule has 1 aromatic heterocycles. The first-order valence-corrected chi connectivity index (χ1v) is 19.6. The maximum Gasteiger partial charge on any atom is 0.240 e. The molecule has 264 valence electrons. The van der Waals surface area contributed by atoms with E-state index in [9.17, 15) is 22.8 Å². The van der Waals surface area contributed by atoms with E-state index < -0.39 is 38.2 Å². The summed E-state index contributed by atoms with van der Waals surface area (Å²) < 4.78 is 34.2. The molecule has 1 saturated heterocycles. The fraction of sp³-hybridized carbons (Fsp3) is 0.500. The Balaban J connectivity index is 1.20. The second-order valence-electron chi connectivity index (χ2n) is 15.3. The molecule has 0 unspecified atom stereocenters. The molecule has 2 aliphatic carbocycles. The van der Waals surface area contributed by atoms with Crippen molar-refractivity contribution in [1.82, 2.24) is 14.6 Å². The summed E-state index contributed by atoms with van der Waals surface area (Å²) in [5, 5.41) is 1.83. The van der Waals surface area contributed by atoms with Crippen LogP contribution in [0.25, 0.3) is 10.8 Å². The van der Waals surface area contributed by atoms with Crippen LogP contribution in [0.3, 0.4) is 0 Å². The summed E-state index contributed by atoms with van der Waals surface area (Å²) >= 11 is 0. The Bertz CT molecular complexity index is 1930. The third-order valence-electron chi connectivity index (χ3n) is 11.4. The highest BCUT2D eigenvalue weighted by Crippen LogP contribution is 2.57. The Morgan fingerprint density at radius 1 is 1.06 bits per heavy atom. The first-order valence-electron chi connectivity index (χ1n) is 18.1. The van der Waals surface area contributed by atoms with Crippen molar-refractivity contribution >= 4 is 38.4 Å². The average Bonchev–Trinajstić information content (AvgIpc) is 3.97. The lowest BCUT2D eigenvalue weighted by Gasteiger charge is -2.29. The number of carbonyl (C=O) groups is 3. The molecule has 1 N–H and O–H groups in total. The van der Waals surface area contributed by atoms with E-state index in [1.807, 2.05) is 55.5 Å². The number of rotatable bonds is 7. The predicted octanol–water partition coefficient (Wildman–Crippen LogP) is 6.23. The van der Waals surface area contributed by atoms with Gasteiger partial charge < -0.3 is 9.64 Å². The van der Waals surface area contributed by atoms with E-state index in [0.717, 1.165) is 47.6 Å². The van der Waals surface area contributed by atoms with Gasteiger partial charge in [-0.2, -0.15) is 0 Å². The molecule has 9 nitrogen and oxygen atoms in total. The number of sulfonamides is 1. The average molecular weight is 698 g/mol. The van der Waals surface area contributed by atoms with Crippen molar-refractivity contribution in [2.24, 2.45) is 17.3 Å². The smallest absolute Gasteiger partial charge is 0.240 e. The lowest BCUT2D eigenvalue weighted by atomic mass is 9.89. The van der Waals surface area contributed by atoms with Gasteiger partial charge in [0, 0.05) is 30.3 Å². The van der Waals surface area contributed by atoms with Gasteiger partial charge in [-0.05, 0) is 87.8 Å². The van der Waals surface area contributed by atoms with Crippen molar-refractivity contribution < 1.29 is 27.5 Å². The Kier molecular flexibility index (Phi) is 9.35. The molecule has 7 rings (SSSR count).